The second-order valence-electron chi connectivity index (χ2n) is 3.92. The summed E-state index contributed by atoms with van der Waals surface area (Å²) in [7, 11) is 0. The van der Waals surface area contributed by atoms with Gasteiger partial charge in [0.25, 0.3) is 0 Å². The first-order chi connectivity index (χ1) is 8.52. The Hall–Kier alpha value is -2.17. The molecule has 0 saturated carbocycles. The highest BCUT2D eigenvalue weighted by molar-refractivity contribution is 6.01. The molecule has 1 amide bonds. The molecular weight excluding hydrogens is 232 g/mol. The van der Waals surface area contributed by atoms with E-state index in [1.807, 2.05) is 12.1 Å². The molecule has 0 aromatic carbocycles. The maximum Gasteiger partial charge on any atom is 0.331 e. The Morgan fingerprint density at radius 1 is 1.22 bits per heavy atom. The number of carbonyl (C=O) groups is 2. The van der Waals surface area contributed by atoms with Gasteiger partial charge in [0, 0.05) is 30.1 Å². The Morgan fingerprint density at radius 3 is 2.39 bits per heavy atom. The van der Waals surface area contributed by atoms with Gasteiger partial charge >= 0.3 is 5.97 Å². The Morgan fingerprint density at radius 2 is 1.83 bits per heavy atom. The summed E-state index contributed by atoms with van der Waals surface area (Å²) in [5.41, 5.74) is 1.37. The number of amides is 1. The van der Waals surface area contributed by atoms with Gasteiger partial charge in [0.15, 0.2) is 0 Å². The molecule has 1 heterocycles. The zero-order valence-corrected chi connectivity index (χ0v) is 10.4. The highest BCUT2D eigenvalue weighted by Gasteiger charge is 2.11. The van der Waals surface area contributed by atoms with E-state index in [4.69, 9.17) is 5.11 Å². The first-order valence-corrected chi connectivity index (χ1v) is 5.60. The predicted molar refractivity (Wildman–Crippen MR) is 67.0 cm³/mol. The molecule has 5 nitrogen and oxygen atoms in total. The SMILES string of the molecule is CC(C(=O)O)=C(C)C(=O)NCCc1ccncc1. The molecule has 0 aliphatic heterocycles. The van der Waals surface area contributed by atoms with Crippen molar-refractivity contribution in [3.63, 3.8) is 0 Å². The van der Waals surface area contributed by atoms with Crippen molar-refractivity contribution in [1.82, 2.24) is 10.3 Å². The van der Waals surface area contributed by atoms with Crippen LogP contribution in [0.3, 0.4) is 0 Å². The van der Waals surface area contributed by atoms with E-state index in [9.17, 15) is 9.59 Å². The van der Waals surface area contributed by atoms with Crippen molar-refractivity contribution in [3.05, 3.63) is 41.2 Å². The van der Waals surface area contributed by atoms with E-state index < -0.39 is 5.97 Å². The molecule has 0 fully saturated rings. The number of hydrogen-bond acceptors (Lipinski definition) is 3. The van der Waals surface area contributed by atoms with Crippen molar-refractivity contribution in [2.24, 2.45) is 0 Å². The minimum atomic E-state index is -1.07. The molecule has 1 aromatic rings. The lowest BCUT2D eigenvalue weighted by Crippen LogP contribution is -2.27. The number of nitrogens with zero attached hydrogens (tertiary/aromatic N) is 1. The molecule has 0 spiro atoms. The van der Waals surface area contributed by atoms with Crippen LogP contribution in [0.4, 0.5) is 0 Å². The molecule has 0 unspecified atom stereocenters. The lowest BCUT2D eigenvalue weighted by atomic mass is 10.1. The zero-order chi connectivity index (χ0) is 13.5. The summed E-state index contributed by atoms with van der Waals surface area (Å²) < 4.78 is 0. The first-order valence-electron chi connectivity index (χ1n) is 5.60. The summed E-state index contributed by atoms with van der Waals surface area (Å²) in [4.78, 5) is 26.2. The molecule has 0 bridgehead atoms. The van der Waals surface area contributed by atoms with Gasteiger partial charge in [0.2, 0.25) is 5.91 Å². The van der Waals surface area contributed by atoms with Crippen molar-refractivity contribution in [1.29, 1.82) is 0 Å². The number of pyridine rings is 1. The van der Waals surface area contributed by atoms with Crippen molar-refractivity contribution < 1.29 is 14.7 Å². The van der Waals surface area contributed by atoms with E-state index in [0.717, 1.165) is 5.56 Å². The number of carboxylic acid groups (broad SMARTS) is 1. The largest absolute Gasteiger partial charge is 0.478 e. The van der Waals surface area contributed by atoms with Crippen molar-refractivity contribution >= 4 is 11.9 Å². The standard InChI is InChI=1S/C13H16N2O3/c1-9(10(2)13(17)18)12(16)15-8-5-11-3-6-14-7-4-11/h3-4,6-7H,5,8H2,1-2H3,(H,15,16)(H,17,18). The fourth-order valence-corrected chi connectivity index (χ4v) is 1.33. The van der Waals surface area contributed by atoms with Crippen LogP contribution in [0.15, 0.2) is 35.7 Å². The summed E-state index contributed by atoms with van der Waals surface area (Å²) in [6.07, 6.45) is 4.07. The fourth-order valence-electron chi connectivity index (χ4n) is 1.33. The summed E-state index contributed by atoms with van der Waals surface area (Å²) in [5, 5.41) is 11.4. The van der Waals surface area contributed by atoms with Gasteiger partial charge in [-0.3, -0.25) is 9.78 Å². The van der Waals surface area contributed by atoms with Gasteiger partial charge in [-0.1, -0.05) is 0 Å². The Kier molecular flexibility index (Phi) is 5.05. The molecule has 18 heavy (non-hydrogen) atoms. The second-order valence-corrected chi connectivity index (χ2v) is 3.92. The molecule has 1 aromatic heterocycles. The molecule has 0 radical (unpaired) electrons. The molecule has 96 valence electrons. The lowest BCUT2D eigenvalue weighted by Gasteiger charge is -2.06. The third kappa shape index (κ3) is 4.01. The normalized spacial score (nSPS) is 11.7. The molecule has 0 aliphatic rings. The predicted octanol–water partition coefficient (Wildman–Crippen LogP) is 1.16. The van der Waals surface area contributed by atoms with Gasteiger partial charge in [0.05, 0.1) is 0 Å². The molecule has 1 rings (SSSR count). The van der Waals surface area contributed by atoms with Crippen LogP contribution in [-0.2, 0) is 16.0 Å². The van der Waals surface area contributed by atoms with Crippen LogP contribution < -0.4 is 5.32 Å². The highest BCUT2D eigenvalue weighted by atomic mass is 16.4. The van der Waals surface area contributed by atoms with Gasteiger partial charge in [-0.25, -0.2) is 4.79 Å². The van der Waals surface area contributed by atoms with E-state index in [1.54, 1.807) is 12.4 Å². The smallest absolute Gasteiger partial charge is 0.331 e. The summed E-state index contributed by atoms with van der Waals surface area (Å²) >= 11 is 0. The number of carboxylic acids is 1. The number of aromatic nitrogens is 1. The van der Waals surface area contributed by atoms with Crippen LogP contribution in [0, 0.1) is 0 Å². The quantitative estimate of drug-likeness (QED) is 0.766. The zero-order valence-electron chi connectivity index (χ0n) is 10.4. The first kappa shape index (κ1) is 13.9. The molecular formula is C13H16N2O3. The van der Waals surface area contributed by atoms with Gasteiger partial charge in [0.1, 0.15) is 0 Å². The molecule has 2 N–H and O–H groups in total. The lowest BCUT2D eigenvalue weighted by molar-refractivity contribution is -0.133. The average Bonchev–Trinajstić information content (AvgIpc) is 2.38. The Bertz CT molecular complexity index is 466. The van der Waals surface area contributed by atoms with E-state index >= 15 is 0 Å². The maximum atomic E-state index is 11.6. The Labute approximate surface area is 106 Å². The number of rotatable bonds is 5. The molecule has 5 heteroatoms. The average molecular weight is 248 g/mol. The van der Waals surface area contributed by atoms with Crippen molar-refractivity contribution in [2.75, 3.05) is 6.54 Å². The van der Waals surface area contributed by atoms with Crippen LogP contribution in [0.5, 0.6) is 0 Å². The molecule has 0 atom stereocenters. The number of carbonyl (C=O) groups excluding carboxylic acids is 1. The number of aliphatic carboxylic acids is 1. The number of hydrogen-bond donors (Lipinski definition) is 2. The van der Waals surface area contributed by atoms with E-state index in [-0.39, 0.29) is 17.1 Å². The maximum absolute atomic E-state index is 11.6. The minimum absolute atomic E-state index is 0.0661. The van der Waals surface area contributed by atoms with Crippen LogP contribution in [0.2, 0.25) is 0 Å². The van der Waals surface area contributed by atoms with Crippen LogP contribution in [0.1, 0.15) is 19.4 Å². The van der Waals surface area contributed by atoms with Gasteiger partial charge < -0.3 is 10.4 Å². The third-order valence-corrected chi connectivity index (χ3v) is 2.67. The van der Waals surface area contributed by atoms with Crippen LogP contribution in [-0.4, -0.2) is 28.5 Å². The van der Waals surface area contributed by atoms with Crippen LogP contribution in [0.25, 0.3) is 0 Å². The third-order valence-electron chi connectivity index (χ3n) is 2.67. The summed E-state index contributed by atoms with van der Waals surface area (Å²) in [6.45, 7) is 3.39. The van der Waals surface area contributed by atoms with Crippen molar-refractivity contribution in [2.45, 2.75) is 20.3 Å². The van der Waals surface area contributed by atoms with Gasteiger partial charge in [-0.2, -0.15) is 0 Å². The van der Waals surface area contributed by atoms with Gasteiger partial charge in [-0.05, 0) is 38.0 Å². The molecule has 0 saturated heterocycles. The Balaban J connectivity index is 2.48. The topological polar surface area (TPSA) is 79.3 Å². The highest BCUT2D eigenvalue weighted by Crippen LogP contribution is 2.03. The monoisotopic (exact) mass is 248 g/mol. The van der Waals surface area contributed by atoms with E-state index in [2.05, 4.69) is 10.3 Å². The van der Waals surface area contributed by atoms with E-state index in [1.165, 1.54) is 13.8 Å². The van der Waals surface area contributed by atoms with Gasteiger partial charge in [-0.15, -0.1) is 0 Å². The van der Waals surface area contributed by atoms with E-state index in [0.29, 0.717) is 13.0 Å². The van der Waals surface area contributed by atoms with Crippen molar-refractivity contribution in [3.8, 4) is 0 Å². The number of nitrogens with one attached hydrogen (secondary N) is 1. The van der Waals surface area contributed by atoms with Crippen LogP contribution >= 0.6 is 0 Å². The second kappa shape index (κ2) is 6.54. The summed E-state index contributed by atoms with van der Waals surface area (Å²) in [5.74, 6) is -1.42. The fraction of sp³-hybridized carbons (Fsp3) is 0.308. The summed E-state index contributed by atoms with van der Waals surface area (Å²) in [6, 6.07) is 3.74. The molecule has 0 aliphatic carbocycles. The minimum Gasteiger partial charge on any atom is -0.478 e.